The molecular formula is C22H33F3N4O2. The van der Waals surface area contributed by atoms with Crippen molar-refractivity contribution < 1.29 is 23.0 Å². The summed E-state index contributed by atoms with van der Waals surface area (Å²) in [6.45, 7) is 5.37. The zero-order valence-corrected chi connectivity index (χ0v) is 18.0. The number of likely N-dealkylation sites (tertiary alicyclic amines) is 1. The van der Waals surface area contributed by atoms with Crippen LogP contribution in [0.1, 0.15) is 38.2 Å². The summed E-state index contributed by atoms with van der Waals surface area (Å²) in [5.41, 5.74) is 0.828. The van der Waals surface area contributed by atoms with E-state index < -0.39 is 6.36 Å². The molecule has 1 heterocycles. The molecule has 2 fully saturated rings. The predicted octanol–water partition coefficient (Wildman–Crippen LogP) is 2.92. The molecule has 3 N–H and O–H groups in total. The van der Waals surface area contributed by atoms with Gasteiger partial charge in [-0.2, -0.15) is 0 Å². The number of benzene rings is 1. The molecule has 174 valence electrons. The van der Waals surface area contributed by atoms with E-state index in [9.17, 15) is 18.3 Å². The van der Waals surface area contributed by atoms with Crippen molar-refractivity contribution in [2.75, 3.05) is 32.8 Å². The minimum atomic E-state index is -4.70. The molecule has 1 saturated carbocycles. The molecule has 0 aromatic heterocycles. The van der Waals surface area contributed by atoms with Crippen LogP contribution in [-0.2, 0) is 6.42 Å². The molecule has 0 spiro atoms. The number of rotatable bonds is 9. The van der Waals surface area contributed by atoms with Crippen molar-refractivity contribution in [3.63, 3.8) is 0 Å². The summed E-state index contributed by atoms with van der Waals surface area (Å²) < 4.78 is 40.8. The van der Waals surface area contributed by atoms with Crippen LogP contribution in [0.3, 0.4) is 0 Å². The van der Waals surface area contributed by atoms with Crippen molar-refractivity contribution in [1.82, 2.24) is 15.5 Å². The summed E-state index contributed by atoms with van der Waals surface area (Å²) in [6.07, 6.45) is 0.679. The summed E-state index contributed by atoms with van der Waals surface area (Å²) in [6, 6.07) is 6.96. The second-order valence-corrected chi connectivity index (χ2v) is 8.35. The number of aliphatic hydroxyl groups is 1. The van der Waals surface area contributed by atoms with Crippen LogP contribution in [0.2, 0.25) is 0 Å². The monoisotopic (exact) mass is 442 g/mol. The van der Waals surface area contributed by atoms with Gasteiger partial charge in [-0.15, -0.1) is 13.2 Å². The number of nitrogens with one attached hydrogen (secondary N) is 2. The Labute approximate surface area is 181 Å². The summed E-state index contributed by atoms with van der Waals surface area (Å²) in [5, 5.41) is 16.5. The molecule has 0 bridgehead atoms. The predicted molar refractivity (Wildman–Crippen MR) is 114 cm³/mol. The quantitative estimate of drug-likeness (QED) is 0.405. The molecular weight excluding hydrogens is 409 g/mol. The van der Waals surface area contributed by atoms with E-state index in [-0.39, 0.29) is 18.3 Å². The van der Waals surface area contributed by atoms with Gasteiger partial charge in [0.1, 0.15) is 5.75 Å². The van der Waals surface area contributed by atoms with Crippen LogP contribution in [0.4, 0.5) is 13.2 Å². The minimum absolute atomic E-state index is 0.0521. The second kappa shape index (κ2) is 11.0. The number of aliphatic imine (C=N–C) groups is 1. The first kappa shape index (κ1) is 23.7. The van der Waals surface area contributed by atoms with Gasteiger partial charge in [0.05, 0.1) is 0 Å². The Bertz CT molecular complexity index is 700. The Kier molecular flexibility index (Phi) is 8.43. The van der Waals surface area contributed by atoms with E-state index in [1.807, 2.05) is 6.92 Å². The zero-order chi connectivity index (χ0) is 22.3. The van der Waals surface area contributed by atoms with E-state index in [1.54, 1.807) is 12.1 Å². The average molecular weight is 443 g/mol. The third kappa shape index (κ3) is 8.22. The van der Waals surface area contributed by atoms with Crippen molar-refractivity contribution in [2.24, 2.45) is 10.9 Å². The molecule has 1 aromatic carbocycles. The van der Waals surface area contributed by atoms with E-state index in [2.05, 4.69) is 25.3 Å². The molecule has 9 heteroatoms. The molecule has 1 aliphatic carbocycles. The first-order valence-electron chi connectivity index (χ1n) is 11.1. The van der Waals surface area contributed by atoms with Crippen LogP contribution in [0.15, 0.2) is 29.3 Å². The van der Waals surface area contributed by atoms with Gasteiger partial charge in [0, 0.05) is 50.8 Å². The van der Waals surface area contributed by atoms with E-state index in [4.69, 9.17) is 0 Å². The summed E-state index contributed by atoms with van der Waals surface area (Å²) in [7, 11) is 0. The summed E-state index contributed by atoms with van der Waals surface area (Å²) in [5.74, 6) is 0.377. The number of alkyl halides is 3. The normalized spacial score (nSPS) is 19.8. The molecule has 1 unspecified atom stereocenters. The lowest BCUT2D eigenvalue weighted by molar-refractivity contribution is -0.274. The van der Waals surface area contributed by atoms with Gasteiger partial charge < -0.3 is 25.4 Å². The number of piperidine rings is 1. The molecule has 31 heavy (non-hydrogen) atoms. The Morgan fingerprint density at radius 1 is 1.19 bits per heavy atom. The van der Waals surface area contributed by atoms with Gasteiger partial charge in [-0.25, -0.2) is 0 Å². The highest BCUT2D eigenvalue weighted by molar-refractivity contribution is 5.80. The third-order valence-corrected chi connectivity index (χ3v) is 5.72. The lowest BCUT2D eigenvalue weighted by atomic mass is 10.00. The van der Waals surface area contributed by atoms with Crippen molar-refractivity contribution in [1.29, 1.82) is 0 Å². The molecule has 1 aromatic rings. The second-order valence-electron chi connectivity index (χ2n) is 8.35. The maximum absolute atomic E-state index is 12.3. The van der Waals surface area contributed by atoms with Crippen LogP contribution < -0.4 is 15.4 Å². The van der Waals surface area contributed by atoms with Gasteiger partial charge in [-0.05, 0) is 56.7 Å². The van der Waals surface area contributed by atoms with E-state index in [1.165, 1.54) is 25.0 Å². The fourth-order valence-electron chi connectivity index (χ4n) is 3.93. The first-order valence-corrected chi connectivity index (χ1v) is 11.1. The highest BCUT2D eigenvalue weighted by Gasteiger charge is 2.32. The highest BCUT2D eigenvalue weighted by Crippen LogP contribution is 2.29. The Morgan fingerprint density at radius 3 is 2.42 bits per heavy atom. The largest absolute Gasteiger partial charge is 0.573 e. The average Bonchev–Trinajstić information content (AvgIpc) is 3.57. The smallest absolute Gasteiger partial charge is 0.406 e. The maximum Gasteiger partial charge on any atom is 0.573 e. The van der Waals surface area contributed by atoms with Crippen molar-refractivity contribution in [2.45, 2.75) is 57.5 Å². The highest BCUT2D eigenvalue weighted by atomic mass is 19.4. The lowest BCUT2D eigenvalue weighted by Gasteiger charge is -2.33. The van der Waals surface area contributed by atoms with Crippen molar-refractivity contribution in [3.8, 4) is 5.75 Å². The SMILES string of the molecule is CCNC(=NCC(CO)Cc1ccc(OC(F)(F)F)cc1)NC1CCN(C2CC2)CC1. The van der Waals surface area contributed by atoms with Crippen LogP contribution in [0, 0.1) is 5.92 Å². The summed E-state index contributed by atoms with van der Waals surface area (Å²) >= 11 is 0. The Balaban J connectivity index is 1.49. The van der Waals surface area contributed by atoms with Crippen LogP contribution in [-0.4, -0.2) is 67.2 Å². The molecule has 6 nitrogen and oxygen atoms in total. The standard InChI is InChI=1S/C22H33F3N4O2/c1-2-26-21(28-18-9-11-29(12-10-18)19-5-6-19)27-14-17(15-30)13-16-3-7-20(8-4-16)31-22(23,24)25/h3-4,7-8,17-19,30H,2,5-6,9-15H2,1H3,(H2,26,27,28). The minimum Gasteiger partial charge on any atom is -0.406 e. The van der Waals surface area contributed by atoms with Crippen LogP contribution in [0.25, 0.3) is 0 Å². The molecule has 3 rings (SSSR count). The molecule has 0 radical (unpaired) electrons. The molecule has 0 amide bonds. The first-order chi connectivity index (χ1) is 14.9. The van der Waals surface area contributed by atoms with E-state index in [0.717, 1.165) is 50.0 Å². The van der Waals surface area contributed by atoms with Gasteiger partial charge in [0.15, 0.2) is 5.96 Å². The van der Waals surface area contributed by atoms with Gasteiger partial charge in [-0.1, -0.05) is 12.1 Å². The summed E-state index contributed by atoms with van der Waals surface area (Å²) in [4.78, 5) is 7.23. The molecule has 2 aliphatic rings. The number of ether oxygens (including phenoxy) is 1. The number of nitrogens with zero attached hydrogens (tertiary/aromatic N) is 2. The topological polar surface area (TPSA) is 69.1 Å². The molecule has 1 atom stereocenters. The number of hydrogen-bond donors (Lipinski definition) is 3. The van der Waals surface area contributed by atoms with E-state index >= 15 is 0 Å². The number of halogens is 3. The number of guanidine groups is 1. The van der Waals surface area contributed by atoms with Gasteiger partial charge in [-0.3, -0.25) is 4.99 Å². The third-order valence-electron chi connectivity index (χ3n) is 5.72. The fraction of sp³-hybridized carbons (Fsp3) is 0.682. The van der Waals surface area contributed by atoms with Crippen LogP contribution in [0.5, 0.6) is 5.75 Å². The maximum atomic E-state index is 12.3. The zero-order valence-electron chi connectivity index (χ0n) is 18.0. The molecule has 1 saturated heterocycles. The van der Waals surface area contributed by atoms with Gasteiger partial charge >= 0.3 is 6.36 Å². The Morgan fingerprint density at radius 2 is 1.87 bits per heavy atom. The van der Waals surface area contributed by atoms with Crippen molar-refractivity contribution in [3.05, 3.63) is 29.8 Å². The van der Waals surface area contributed by atoms with Gasteiger partial charge in [0.25, 0.3) is 0 Å². The van der Waals surface area contributed by atoms with Gasteiger partial charge in [0.2, 0.25) is 0 Å². The van der Waals surface area contributed by atoms with E-state index in [0.29, 0.717) is 19.0 Å². The number of hydrogen-bond acceptors (Lipinski definition) is 4. The van der Waals surface area contributed by atoms with Crippen molar-refractivity contribution >= 4 is 5.96 Å². The lowest BCUT2D eigenvalue weighted by Crippen LogP contribution is -2.49. The van der Waals surface area contributed by atoms with Crippen LogP contribution >= 0.6 is 0 Å². The Hall–Kier alpha value is -2.00. The molecule has 1 aliphatic heterocycles. The number of aliphatic hydroxyl groups excluding tert-OH is 1. The fourth-order valence-corrected chi connectivity index (χ4v) is 3.93.